The smallest absolute Gasteiger partial charge is 0.225 e. The molecule has 21 heavy (non-hydrogen) atoms. The number of carbonyl (C=O) groups is 1. The molecule has 110 valence electrons. The zero-order valence-corrected chi connectivity index (χ0v) is 12.7. The highest BCUT2D eigenvalue weighted by Gasteiger charge is 2.02. The minimum absolute atomic E-state index is 0.0751. The van der Waals surface area contributed by atoms with Gasteiger partial charge in [-0.1, -0.05) is 30.3 Å². The Morgan fingerprint density at radius 1 is 1.14 bits per heavy atom. The topological polar surface area (TPSA) is 38.3 Å². The van der Waals surface area contributed by atoms with Crippen molar-refractivity contribution in [2.45, 2.75) is 20.0 Å². The third kappa shape index (κ3) is 4.80. The number of carbonyl (C=O) groups excluding carboxylic acids is 1. The monoisotopic (exact) mass is 303 g/mol. The first-order chi connectivity index (χ1) is 10.2. The Balaban J connectivity index is 1.91. The van der Waals surface area contributed by atoms with Gasteiger partial charge in [0.05, 0.1) is 0 Å². The van der Waals surface area contributed by atoms with Crippen LogP contribution in [0.2, 0.25) is 0 Å². The molecule has 0 fully saturated rings. The maximum absolute atomic E-state index is 11.4. The van der Waals surface area contributed by atoms with E-state index in [2.05, 4.69) is 5.32 Å². The van der Waals surface area contributed by atoms with E-state index in [1.54, 1.807) is 0 Å². The number of para-hydroxylation sites is 1. The number of benzene rings is 2. The maximum atomic E-state index is 11.4. The van der Waals surface area contributed by atoms with Crippen molar-refractivity contribution in [3.63, 3.8) is 0 Å². The highest BCUT2D eigenvalue weighted by Crippen LogP contribution is 2.18. The number of nitrogens with one attached hydrogen (secondary N) is 1. The van der Waals surface area contributed by atoms with E-state index in [0.717, 1.165) is 22.6 Å². The molecule has 2 rings (SSSR count). The van der Waals surface area contributed by atoms with E-state index in [9.17, 15) is 4.79 Å². The van der Waals surface area contributed by atoms with Gasteiger partial charge in [0.1, 0.15) is 12.4 Å². The van der Waals surface area contributed by atoms with E-state index in [1.807, 2.05) is 55.5 Å². The predicted molar refractivity (Wildman–Crippen MR) is 85.9 cm³/mol. The van der Waals surface area contributed by atoms with Crippen LogP contribution in [-0.2, 0) is 11.4 Å². The fourth-order valence-electron chi connectivity index (χ4n) is 1.87. The molecule has 2 aromatic rings. The van der Waals surface area contributed by atoms with Crippen LogP contribution in [0.1, 0.15) is 17.5 Å². The summed E-state index contributed by atoms with van der Waals surface area (Å²) >= 11 is 5.52. The van der Waals surface area contributed by atoms with Gasteiger partial charge in [-0.05, 0) is 36.2 Å². The molecule has 0 aromatic heterocycles. The summed E-state index contributed by atoms with van der Waals surface area (Å²) in [5.74, 6) is 1.14. The molecule has 1 amide bonds. The van der Waals surface area contributed by atoms with Crippen LogP contribution in [0.15, 0.2) is 48.5 Å². The Bertz CT molecular complexity index is 596. The molecule has 3 nitrogen and oxygen atoms in total. The standard InChI is InChI=1S/C17H18ClNO2/c1-13-4-2-3-5-16(13)21-12-14-6-8-15(9-7-14)19-17(20)10-11-18/h2-9H,10-12H2,1H3,(H,19,20). The van der Waals surface area contributed by atoms with Gasteiger partial charge in [-0.25, -0.2) is 0 Å². The van der Waals surface area contributed by atoms with E-state index in [1.165, 1.54) is 0 Å². The minimum Gasteiger partial charge on any atom is -0.489 e. The van der Waals surface area contributed by atoms with Crippen LogP contribution in [0.3, 0.4) is 0 Å². The number of aryl methyl sites for hydroxylation is 1. The number of rotatable bonds is 6. The molecular weight excluding hydrogens is 286 g/mol. The second-order valence-electron chi connectivity index (χ2n) is 4.74. The second-order valence-corrected chi connectivity index (χ2v) is 5.12. The first-order valence-electron chi connectivity index (χ1n) is 6.82. The summed E-state index contributed by atoms with van der Waals surface area (Å²) in [6.07, 6.45) is 0.319. The van der Waals surface area contributed by atoms with Crippen molar-refractivity contribution < 1.29 is 9.53 Å². The molecule has 0 spiro atoms. The lowest BCUT2D eigenvalue weighted by Gasteiger charge is -2.09. The molecule has 0 aliphatic rings. The van der Waals surface area contributed by atoms with Gasteiger partial charge in [0.15, 0.2) is 0 Å². The SMILES string of the molecule is Cc1ccccc1OCc1ccc(NC(=O)CCCl)cc1. The molecule has 0 unspecified atom stereocenters. The van der Waals surface area contributed by atoms with E-state index in [-0.39, 0.29) is 5.91 Å². The summed E-state index contributed by atoms with van der Waals surface area (Å²) in [6.45, 7) is 2.52. The zero-order chi connectivity index (χ0) is 15.1. The zero-order valence-electron chi connectivity index (χ0n) is 11.9. The Labute approximate surface area is 129 Å². The van der Waals surface area contributed by atoms with Crippen molar-refractivity contribution in [1.82, 2.24) is 0 Å². The third-order valence-corrected chi connectivity index (χ3v) is 3.24. The number of anilines is 1. The van der Waals surface area contributed by atoms with Crippen LogP contribution in [0, 0.1) is 6.92 Å². The molecular formula is C17H18ClNO2. The lowest BCUT2D eigenvalue weighted by molar-refractivity contribution is -0.115. The second kappa shape index (κ2) is 7.70. The lowest BCUT2D eigenvalue weighted by Crippen LogP contribution is -2.11. The summed E-state index contributed by atoms with van der Waals surface area (Å²) in [4.78, 5) is 11.4. The third-order valence-electron chi connectivity index (χ3n) is 3.05. The Hall–Kier alpha value is -2.00. The largest absolute Gasteiger partial charge is 0.489 e. The summed E-state index contributed by atoms with van der Waals surface area (Å²) in [7, 11) is 0. The molecule has 0 saturated carbocycles. The van der Waals surface area contributed by atoms with Crippen molar-refractivity contribution in [2.24, 2.45) is 0 Å². The molecule has 0 saturated heterocycles. The molecule has 2 aromatic carbocycles. The molecule has 0 radical (unpaired) electrons. The number of amides is 1. The van der Waals surface area contributed by atoms with E-state index in [4.69, 9.17) is 16.3 Å². The predicted octanol–water partition coefficient (Wildman–Crippen LogP) is 4.14. The minimum atomic E-state index is -0.0751. The lowest BCUT2D eigenvalue weighted by atomic mass is 10.2. The van der Waals surface area contributed by atoms with Crippen molar-refractivity contribution in [1.29, 1.82) is 0 Å². The van der Waals surface area contributed by atoms with Crippen LogP contribution in [0.5, 0.6) is 5.75 Å². The van der Waals surface area contributed by atoms with Crippen LogP contribution >= 0.6 is 11.6 Å². The van der Waals surface area contributed by atoms with Gasteiger partial charge in [-0.3, -0.25) is 4.79 Å². The number of hydrogen-bond donors (Lipinski definition) is 1. The van der Waals surface area contributed by atoms with Crippen molar-refractivity contribution in [2.75, 3.05) is 11.2 Å². The fourth-order valence-corrected chi connectivity index (χ4v) is 2.04. The van der Waals surface area contributed by atoms with Crippen LogP contribution < -0.4 is 10.1 Å². The van der Waals surface area contributed by atoms with Crippen molar-refractivity contribution in [3.8, 4) is 5.75 Å². The molecule has 0 aliphatic carbocycles. The van der Waals surface area contributed by atoms with Crippen LogP contribution in [0.4, 0.5) is 5.69 Å². The highest BCUT2D eigenvalue weighted by molar-refractivity contribution is 6.19. The maximum Gasteiger partial charge on any atom is 0.225 e. The number of alkyl halides is 1. The fraction of sp³-hybridized carbons (Fsp3) is 0.235. The molecule has 0 bridgehead atoms. The first kappa shape index (κ1) is 15.4. The normalized spacial score (nSPS) is 10.2. The van der Waals surface area contributed by atoms with E-state index >= 15 is 0 Å². The van der Waals surface area contributed by atoms with E-state index in [0.29, 0.717) is 18.9 Å². The first-order valence-corrected chi connectivity index (χ1v) is 7.35. The van der Waals surface area contributed by atoms with Crippen molar-refractivity contribution in [3.05, 3.63) is 59.7 Å². The van der Waals surface area contributed by atoms with Gasteiger partial charge in [0, 0.05) is 18.0 Å². The van der Waals surface area contributed by atoms with Crippen molar-refractivity contribution >= 4 is 23.2 Å². The quantitative estimate of drug-likeness (QED) is 0.814. The number of halogens is 1. The molecule has 4 heteroatoms. The summed E-state index contributed by atoms with van der Waals surface area (Å²) < 4.78 is 5.78. The molecule has 0 aliphatic heterocycles. The van der Waals surface area contributed by atoms with Gasteiger partial charge >= 0.3 is 0 Å². The van der Waals surface area contributed by atoms with Crippen LogP contribution in [-0.4, -0.2) is 11.8 Å². The van der Waals surface area contributed by atoms with Gasteiger partial charge in [0.25, 0.3) is 0 Å². The molecule has 1 N–H and O–H groups in total. The average molecular weight is 304 g/mol. The number of ether oxygens (including phenoxy) is 1. The summed E-state index contributed by atoms with van der Waals surface area (Å²) in [5, 5.41) is 2.79. The Morgan fingerprint density at radius 3 is 2.52 bits per heavy atom. The number of hydrogen-bond acceptors (Lipinski definition) is 2. The average Bonchev–Trinajstić information content (AvgIpc) is 2.48. The van der Waals surface area contributed by atoms with Gasteiger partial charge < -0.3 is 10.1 Å². The summed E-state index contributed by atoms with van der Waals surface area (Å²) in [6, 6.07) is 15.5. The van der Waals surface area contributed by atoms with Crippen LogP contribution in [0.25, 0.3) is 0 Å². The Kier molecular flexibility index (Phi) is 5.64. The van der Waals surface area contributed by atoms with Gasteiger partial charge in [0.2, 0.25) is 5.91 Å². The highest BCUT2D eigenvalue weighted by atomic mass is 35.5. The molecule has 0 atom stereocenters. The van der Waals surface area contributed by atoms with Gasteiger partial charge in [-0.2, -0.15) is 0 Å². The Morgan fingerprint density at radius 2 is 1.86 bits per heavy atom. The molecule has 0 heterocycles. The summed E-state index contributed by atoms with van der Waals surface area (Å²) in [5.41, 5.74) is 2.93. The van der Waals surface area contributed by atoms with Gasteiger partial charge in [-0.15, -0.1) is 11.6 Å². The van der Waals surface area contributed by atoms with E-state index < -0.39 is 0 Å².